The van der Waals surface area contributed by atoms with Crippen molar-refractivity contribution in [2.75, 3.05) is 0 Å². The van der Waals surface area contributed by atoms with E-state index in [-0.39, 0.29) is 82.0 Å². The maximum atomic E-state index is 8.52. The second-order valence-electron chi connectivity index (χ2n) is 0.408. The SMILES string of the molecule is O.O.O.O.O.O.O.O.O=S(=O)([O-])[O-].[Dy+3]. The molecule has 103 valence electrons. The van der Waals surface area contributed by atoms with Gasteiger partial charge in [-0.15, -0.1) is 0 Å². The van der Waals surface area contributed by atoms with Crippen LogP contribution >= 0.6 is 0 Å². The first-order valence-corrected chi connectivity index (χ1v) is 2.00. The van der Waals surface area contributed by atoms with Crippen LogP contribution in [0.1, 0.15) is 0 Å². The third-order valence-electron chi connectivity index (χ3n) is 0. The summed E-state index contributed by atoms with van der Waals surface area (Å²) in [5.41, 5.74) is 0. The first-order chi connectivity index (χ1) is 2.00. The molecular formula is H16DyO12S+. The molecule has 0 atom stereocenters. The Balaban J connectivity index is -0.00000000222. The molecule has 0 aliphatic carbocycles. The van der Waals surface area contributed by atoms with Crippen LogP contribution in [0.5, 0.6) is 0 Å². The molecule has 0 aromatic carbocycles. The van der Waals surface area contributed by atoms with Gasteiger partial charge in [0.1, 0.15) is 0 Å². The topological polar surface area (TPSA) is 332 Å². The summed E-state index contributed by atoms with van der Waals surface area (Å²) < 4.78 is 34.1. The Morgan fingerprint density at radius 3 is 0.571 bits per heavy atom. The van der Waals surface area contributed by atoms with Crippen LogP contribution < -0.4 is 0 Å². The van der Waals surface area contributed by atoms with Gasteiger partial charge in [0.15, 0.2) is 0 Å². The van der Waals surface area contributed by atoms with Crippen LogP contribution in [-0.2, 0) is 10.4 Å². The van der Waals surface area contributed by atoms with Gasteiger partial charge in [0, 0.05) is 10.4 Å². The minimum atomic E-state index is -5.17. The van der Waals surface area contributed by atoms with Gasteiger partial charge in [0.25, 0.3) is 0 Å². The molecule has 0 bridgehead atoms. The van der Waals surface area contributed by atoms with E-state index in [1.54, 1.807) is 0 Å². The van der Waals surface area contributed by atoms with Gasteiger partial charge in [-0.3, -0.25) is 8.42 Å². The van der Waals surface area contributed by atoms with Crippen molar-refractivity contribution in [2.45, 2.75) is 0 Å². The molecule has 0 aromatic rings. The maximum absolute atomic E-state index is 8.52. The standard InChI is InChI=1S/Dy.H2O4S.8H2O/c;1-5(2,3)4;;;;;;;;/h;(H2,1,2,3,4);8*1H2/q+3;;;;;;;;;/p-2. The monoisotopic (exact) mass is 404 g/mol. The smallest absolute Gasteiger partial charge is 0.759 e. The van der Waals surface area contributed by atoms with Crippen molar-refractivity contribution >= 4 is 10.4 Å². The molecule has 0 heterocycles. The fraction of sp³-hybridized carbons (Fsp3) is 0. The number of hydrogen-bond donors (Lipinski definition) is 0. The Kier molecular flexibility index (Phi) is 425. The molecule has 0 amide bonds. The third kappa shape index (κ3) is 2650. The van der Waals surface area contributed by atoms with Crippen LogP contribution in [0.25, 0.3) is 0 Å². The predicted molar refractivity (Wildman–Crippen MR) is 39.4 cm³/mol. The minimum Gasteiger partial charge on any atom is -0.759 e. The molecule has 16 N–H and O–H groups in total. The second-order valence-corrected chi connectivity index (χ2v) is 1.22. The molecule has 0 aliphatic heterocycles. The number of rotatable bonds is 0. The summed E-state index contributed by atoms with van der Waals surface area (Å²) in [6, 6.07) is 0. The average Bonchev–Trinajstić information content (AvgIpc) is 0.722. The Morgan fingerprint density at radius 2 is 0.571 bits per heavy atom. The van der Waals surface area contributed by atoms with Crippen molar-refractivity contribution < 1.29 is 99.5 Å². The predicted octanol–water partition coefficient (Wildman–Crippen LogP) is -7.94. The van der Waals surface area contributed by atoms with E-state index in [0.29, 0.717) is 0 Å². The Morgan fingerprint density at radius 1 is 0.571 bits per heavy atom. The normalized spacial score (nSPS) is 4.14. The molecule has 0 aromatic heterocycles. The molecule has 0 spiro atoms. The van der Waals surface area contributed by atoms with Crippen molar-refractivity contribution in [3.63, 3.8) is 0 Å². The van der Waals surface area contributed by atoms with E-state index in [4.69, 9.17) is 17.5 Å². The van der Waals surface area contributed by atoms with E-state index in [0.717, 1.165) is 0 Å². The van der Waals surface area contributed by atoms with Crippen LogP contribution in [0.15, 0.2) is 0 Å². The summed E-state index contributed by atoms with van der Waals surface area (Å²) >= 11 is 0. The van der Waals surface area contributed by atoms with Gasteiger partial charge in [-0.2, -0.15) is 0 Å². The van der Waals surface area contributed by atoms with E-state index in [1.807, 2.05) is 0 Å². The molecule has 0 fully saturated rings. The fourth-order valence-electron chi connectivity index (χ4n) is 0. The molecule has 0 unspecified atom stereocenters. The van der Waals surface area contributed by atoms with Gasteiger partial charge in [-0.05, 0) is 0 Å². The van der Waals surface area contributed by atoms with Crippen molar-refractivity contribution in [1.82, 2.24) is 0 Å². The van der Waals surface area contributed by atoms with Crippen LogP contribution in [-0.4, -0.2) is 61.3 Å². The summed E-state index contributed by atoms with van der Waals surface area (Å²) in [6.45, 7) is 0. The zero-order valence-corrected chi connectivity index (χ0v) is 9.20. The molecule has 12 nitrogen and oxygen atoms in total. The van der Waals surface area contributed by atoms with Crippen molar-refractivity contribution in [3.8, 4) is 0 Å². The molecule has 14 heteroatoms. The quantitative estimate of drug-likeness (QED) is 0.281. The van der Waals surface area contributed by atoms with E-state index < -0.39 is 10.4 Å². The fourth-order valence-corrected chi connectivity index (χ4v) is 0. The Hall–Kier alpha value is 0.823. The molecule has 0 saturated heterocycles. The molecule has 0 rings (SSSR count). The Bertz CT molecular complexity index is 93.5. The first-order valence-electron chi connectivity index (χ1n) is 0.667. The van der Waals surface area contributed by atoms with Crippen LogP contribution in [0.3, 0.4) is 0 Å². The summed E-state index contributed by atoms with van der Waals surface area (Å²) in [7, 11) is -5.17. The van der Waals surface area contributed by atoms with Crippen molar-refractivity contribution in [1.29, 1.82) is 0 Å². The molecule has 0 aliphatic rings. The van der Waals surface area contributed by atoms with Crippen molar-refractivity contribution in [2.24, 2.45) is 0 Å². The van der Waals surface area contributed by atoms with Gasteiger partial charge < -0.3 is 52.9 Å². The van der Waals surface area contributed by atoms with Gasteiger partial charge in [-0.1, -0.05) is 0 Å². The summed E-state index contributed by atoms with van der Waals surface area (Å²) in [5.74, 6) is 0. The van der Waals surface area contributed by atoms with Gasteiger partial charge >= 0.3 is 38.2 Å². The van der Waals surface area contributed by atoms with Crippen LogP contribution in [0.2, 0.25) is 0 Å². The van der Waals surface area contributed by atoms with Gasteiger partial charge in [0.05, 0.1) is 0 Å². The molecular weight excluding hydrogens is 387 g/mol. The van der Waals surface area contributed by atoms with Crippen molar-refractivity contribution in [3.05, 3.63) is 0 Å². The number of hydrogen-bond acceptors (Lipinski definition) is 4. The zero-order valence-electron chi connectivity index (χ0n) is 6.36. The summed E-state index contributed by atoms with van der Waals surface area (Å²) in [5, 5.41) is 0. The van der Waals surface area contributed by atoms with E-state index in [2.05, 4.69) is 0 Å². The zero-order chi connectivity index (χ0) is 4.50. The maximum Gasteiger partial charge on any atom is 3.00 e. The van der Waals surface area contributed by atoms with Gasteiger partial charge in [-0.25, -0.2) is 0 Å². The van der Waals surface area contributed by atoms with E-state index in [9.17, 15) is 0 Å². The van der Waals surface area contributed by atoms with E-state index in [1.165, 1.54) is 0 Å². The molecule has 14 heavy (non-hydrogen) atoms. The third-order valence-corrected chi connectivity index (χ3v) is 0. The minimum absolute atomic E-state index is 0. The van der Waals surface area contributed by atoms with Crippen LogP contribution in [0.4, 0.5) is 0 Å². The first kappa shape index (κ1) is 122. The Labute approximate surface area is 109 Å². The van der Waals surface area contributed by atoms with Crippen LogP contribution in [0, 0.1) is 38.2 Å². The molecule has 1 radical (unpaired) electrons. The average molecular weight is 403 g/mol. The second kappa shape index (κ2) is 48.8. The van der Waals surface area contributed by atoms with Gasteiger partial charge in [0.2, 0.25) is 0 Å². The van der Waals surface area contributed by atoms with E-state index >= 15 is 0 Å². The largest absolute Gasteiger partial charge is 3.00 e. The summed E-state index contributed by atoms with van der Waals surface area (Å²) in [6.07, 6.45) is 0. The molecule has 0 saturated carbocycles. The summed E-state index contributed by atoms with van der Waals surface area (Å²) in [4.78, 5) is 0.